The van der Waals surface area contributed by atoms with E-state index in [-0.39, 0.29) is 16.7 Å². The number of carbonyl (C=O) groups excluding carboxylic acids is 2. The number of nitrogens with one attached hydrogen (secondary N) is 2. The molecule has 2 fully saturated rings. The molecule has 6 heteroatoms. The number of nitrogens with zero attached hydrogens (tertiary/aromatic N) is 1. The van der Waals surface area contributed by atoms with Crippen molar-refractivity contribution < 1.29 is 14.3 Å². The predicted molar refractivity (Wildman–Crippen MR) is 110 cm³/mol. The molecule has 2 aliphatic rings. The maximum Gasteiger partial charge on any atom is 0.412 e. The van der Waals surface area contributed by atoms with Crippen LogP contribution in [0, 0.1) is 16.7 Å². The van der Waals surface area contributed by atoms with Crippen molar-refractivity contribution in [3.05, 3.63) is 29.8 Å². The summed E-state index contributed by atoms with van der Waals surface area (Å²) in [6, 6.07) is 6.67. The van der Waals surface area contributed by atoms with Gasteiger partial charge in [0.1, 0.15) is 5.60 Å². The molecule has 1 aromatic rings. The first-order valence-electron chi connectivity index (χ1n) is 9.90. The fraction of sp³-hybridized carbons (Fsp3) is 0.591. The first-order valence-corrected chi connectivity index (χ1v) is 9.90. The van der Waals surface area contributed by atoms with Crippen molar-refractivity contribution in [2.75, 3.05) is 5.32 Å². The Morgan fingerprint density at radius 3 is 2.29 bits per heavy atom. The van der Waals surface area contributed by atoms with Crippen molar-refractivity contribution in [3.8, 4) is 0 Å². The van der Waals surface area contributed by atoms with E-state index >= 15 is 0 Å². The number of amides is 2. The number of benzene rings is 1. The summed E-state index contributed by atoms with van der Waals surface area (Å²) in [4.78, 5) is 24.3. The highest BCUT2D eigenvalue weighted by molar-refractivity contribution is 5.98. The van der Waals surface area contributed by atoms with E-state index in [2.05, 4.69) is 36.6 Å². The third kappa shape index (κ3) is 3.77. The van der Waals surface area contributed by atoms with Gasteiger partial charge in [0.25, 0.3) is 5.91 Å². The van der Waals surface area contributed by atoms with Crippen molar-refractivity contribution >= 4 is 23.4 Å². The van der Waals surface area contributed by atoms with Crippen molar-refractivity contribution in [1.82, 2.24) is 5.43 Å². The first-order chi connectivity index (χ1) is 12.9. The molecule has 152 valence electrons. The summed E-state index contributed by atoms with van der Waals surface area (Å²) in [7, 11) is 0. The molecule has 1 aromatic carbocycles. The zero-order chi connectivity index (χ0) is 20.7. The quantitative estimate of drug-likeness (QED) is 0.721. The van der Waals surface area contributed by atoms with Crippen molar-refractivity contribution in [3.63, 3.8) is 0 Å². The molecule has 2 amide bonds. The number of hydrogen-bond acceptors (Lipinski definition) is 4. The Bertz CT molecular complexity index is 805. The second-order valence-corrected chi connectivity index (χ2v) is 9.70. The predicted octanol–water partition coefficient (Wildman–Crippen LogP) is 4.97. The maximum absolute atomic E-state index is 12.5. The van der Waals surface area contributed by atoms with Gasteiger partial charge in [0.05, 0.1) is 0 Å². The van der Waals surface area contributed by atoms with Crippen LogP contribution in [0.15, 0.2) is 29.4 Å². The summed E-state index contributed by atoms with van der Waals surface area (Å²) in [6.45, 7) is 12.3. The number of hydrogen-bond donors (Lipinski definition) is 2. The lowest BCUT2D eigenvalue weighted by molar-refractivity contribution is 0.0635. The van der Waals surface area contributed by atoms with E-state index in [1.807, 2.05) is 0 Å². The molecule has 28 heavy (non-hydrogen) atoms. The molecule has 2 saturated carbocycles. The molecule has 0 saturated heterocycles. The van der Waals surface area contributed by atoms with Gasteiger partial charge in [-0.05, 0) is 75.6 Å². The van der Waals surface area contributed by atoms with Crippen LogP contribution in [0.1, 0.15) is 71.2 Å². The average molecular weight is 386 g/mol. The van der Waals surface area contributed by atoms with Crippen molar-refractivity contribution in [2.24, 2.45) is 21.8 Å². The van der Waals surface area contributed by atoms with Crippen molar-refractivity contribution in [2.45, 2.75) is 66.4 Å². The smallest absolute Gasteiger partial charge is 0.412 e. The fourth-order valence-electron chi connectivity index (χ4n) is 4.41. The van der Waals surface area contributed by atoms with Gasteiger partial charge in [-0.2, -0.15) is 5.10 Å². The van der Waals surface area contributed by atoms with Gasteiger partial charge in [0.2, 0.25) is 0 Å². The molecular weight excluding hydrogens is 354 g/mol. The minimum atomic E-state index is -0.562. The molecule has 2 N–H and O–H groups in total. The van der Waals surface area contributed by atoms with Crippen LogP contribution in [0.3, 0.4) is 0 Å². The molecule has 0 aliphatic heterocycles. The fourth-order valence-corrected chi connectivity index (χ4v) is 4.41. The highest BCUT2D eigenvalue weighted by Crippen LogP contribution is 2.63. The maximum atomic E-state index is 12.5. The van der Waals surface area contributed by atoms with Crippen LogP contribution in [-0.2, 0) is 4.74 Å². The first kappa shape index (κ1) is 20.4. The summed E-state index contributed by atoms with van der Waals surface area (Å²) in [5.74, 6) is 0.395. The number of anilines is 1. The molecule has 2 atom stereocenters. The van der Waals surface area contributed by atoms with Crippen molar-refractivity contribution in [1.29, 1.82) is 0 Å². The van der Waals surface area contributed by atoms with E-state index in [1.54, 1.807) is 45.0 Å². The molecule has 0 aromatic heterocycles. The van der Waals surface area contributed by atoms with Crippen LogP contribution in [0.2, 0.25) is 0 Å². The molecule has 2 bridgehead atoms. The van der Waals surface area contributed by atoms with Gasteiger partial charge in [0.15, 0.2) is 0 Å². The Morgan fingerprint density at radius 2 is 1.79 bits per heavy atom. The van der Waals surface area contributed by atoms with Gasteiger partial charge in [-0.3, -0.25) is 10.1 Å². The average Bonchev–Trinajstić information content (AvgIpc) is 2.91. The van der Waals surface area contributed by atoms with E-state index < -0.39 is 11.7 Å². The minimum Gasteiger partial charge on any atom is -0.444 e. The zero-order valence-electron chi connectivity index (χ0n) is 17.7. The Labute approximate surface area is 167 Å². The third-order valence-electron chi connectivity index (χ3n) is 6.60. The second kappa shape index (κ2) is 6.90. The number of hydrazone groups is 1. The number of ether oxygens (including phenoxy) is 1. The normalized spacial score (nSPS) is 26.9. The van der Waals surface area contributed by atoms with Crippen LogP contribution in [0.25, 0.3) is 0 Å². The second-order valence-electron chi connectivity index (χ2n) is 9.70. The number of carbonyl (C=O) groups is 2. The van der Waals surface area contributed by atoms with E-state index in [4.69, 9.17) is 4.74 Å². The lowest BCUT2D eigenvalue weighted by Crippen LogP contribution is -2.34. The van der Waals surface area contributed by atoms with E-state index in [0.29, 0.717) is 17.2 Å². The van der Waals surface area contributed by atoms with E-state index in [0.717, 1.165) is 18.6 Å². The molecule has 0 unspecified atom stereocenters. The molecule has 2 aliphatic carbocycles. The Balaban J connectivity index is 1.61. The molecule has 3 rings (SSSR count). The summed E-state index contributed by atoms with van der Waals surface area (Å²) >= 11 is 0. The highest BCUT2D eigenvalue weighted by atomic mass is 16.6. The lowest BCUT2D eigenvalue weighted by Gasteiger charge is -2.34. The van der Waals surface area contributed by atoms with E-state index in [9.17, 15) is 9.59 Å². The van der Waals surface area contributed by atoms with Gasteiger partial charge in [-0.15, -0.1) is 0 Å². The molecule has 6 nitrogen and oxygen atoms in total. The minimum absolute atomic E-state index is 0.0616. The van der Waals surface area contributed by atoms with Crippen LogP contribution >= 0.6 is 0 Å². The Hall–Kier alpha value is -2.37. The van der Waals surface area contributed by atoms with Gasteiger partial charge in [-0.25, -0.2) is 10.2 Å². The molecule has 0 radical (unpaired) electrons. The zero-order valence-corrected chi connectivity index (χ0v) is 17.7. The lowest BCUT2D eigenvalue weighted by atomic mass is 9.70. The highest BCUT2D eigenvalue weighted by Gasteiger charge is 2.60. The van der Waals surface area contributed by atoms with Crippen LogP contribution < -0.4 is 10.7 Å². The van der Waals surface area contributed by atoms with Gasteiger partial charge in [-0.1, -0.05) is 20.8 Å². The summed E-state index contributed by atoms with van der Waals surface area (Å²) in [5.41, 5.74) is 4.61. The largest absolute Gasteiger partial charge is 0.444 e. The van der Waals surface area contributed by atoms with E-state index in [1.165, 1.54) is 6.42 Å². The van der Waals surface area contributed by atoms with Gasteiger partial charge >= 0.3 is 6.09 Å². The van der Waals surface area contributed by atoms with Crippen LogP contribution in [0.5, 0.6) is 0 Å². The monoisotopic (exact) mass is 385 g/mol. The summed E-state index contributed by atoms with van der Waals surface area (Å²) in [5, 5.41) is 7.14. The SMILES string of the molecule is CC(C)(C)OC(=O)Nc1ccc(C(=O)N/N=C2/C[C@H]3CC[C@]2(C)C3(C)C)cc1. The van der Waals surface area contributed by atoms with Crippen LogP contribution in [-0.4, -0.2) is 23.3 Å². The van der Waals surface area contributed by atoms with Crippen LogP contribution in [0.4, 0.5) is 10.5 Å². The number of rotatable bonds is 3. The molecule has 0 spiro atoms. The third-order valence-corrected chi connectivity index (χ3v) is 6.60. The Kier molecular flexibility index (Phi) is 5.02. The topological polar surface area (TPSA) is 79.8 Å². The Morgan fingerprint density at radius 1 is 1.14 bits per heavy atom. The van der Waals surface area contributed by atoms with Gasteiger partial charge < -0.3 is 4.74 Å². The standard InChI is InChI=1S/C22H31N3O3/c1-20(2,3)28-19(27)23-16-9-7-14(8-10-16)18(26)25-24-17-13-15-11-12-22(17,6)21(15,4)5/h7-10,15H,11-13H2,1-6H3,(H,23,27)(H,25,26)/b24-17-/t15-,22+/m1/s1. The van der Waals surface area contributed by atoms with Gasteiger partial charge in [0, 0.05) is 22.4 Å². The summed E-state index contributed by atoms with van der Waals surface area (Å²) < 4.78 is 5.22. The summed E-state index contributed by atoms with van der Waals surface area (Å²) in [6.07, 6.45) is 2.80. The molecular formula is C22H31N3O3. The number of fused-ring (bicyclic) bond motifs is 2. The molecule has 0 heterocycles.